The Bertz CT molecular complexity index is 920. The summed E-state index contributed by atoms with van der Waals surface area (Å²) in [4.78, 5) is 22.4. The molecule has 0 atom stereocenters. The van der Waals surface area contributed by atoms with Crippen LogP contribution < -0.4 is 15.5 Å². The van der Waals surface area contributed by atoms with Crippen LogP contribution in [-0.2, 0) is 17.5 Å². The SMILES string of the molecule is Cc1cc2c(nc1NC(=O)CC(C)(C)C)NCCN2Cc1ccc(C(F)(F)F)nc1. The zero-order chi connectivity index (χ0) is 22.1. The molecule has 0 radical (unpaired) electrons. The minimum absolute atomic E-state index is 0.0958. The van der Waals surface area contributed by atoms with Gasteiger partial charge in [0.25, 0.3) is 0 Å². The number of pyridine rings is 2. The molecule has 3 heterocycles. The Morgan fingerprint density at radius 1 is 1.27 bits per heavy atom. The highest BCUT2D eigenvalue weighted by Crippen LogP contribution is 2.33. The molecule has 0 aromatic carbocycles. The van der Waals surface area contributed by atoms with Crippen molar-refractivity contribution in [2.45, 2.75) is 46.8 Å². The molecule has 2 aromatic heterocycles. The Morgan fingerprint density at radius 3 is 2.60 bits per heavy atom. The average molecular weight is 421 g/mol. The van der Waals surface area contributed by atoms with E-state index in [1.54, 1.807) is 0 Å². The maximum atomic E-state index is 12.7. The Morgan fingerprint density at radius 2 is 2.00 bits per heavy atom. The van der Waals surface area contributed by atoms with Crippen LogP contribution in [-0.4, -0.2) is 29.0 Å². The van der Waals surface area contributed by atoms with Crippen molar-refractivity contribution in [2.24, 2.45) is 5.41 Å². The van der Waals surface area contributed by atoms with Crippen LogP contribution in [0.1, 0.15) is 44.0 Å². The number of aromatic nitrogens is 2. The van der Waals surface area contributed by atoms with Crippen LogP contribution in [0.5, 0.6) is 0 Å². The molecule has 3 rings (SSSR count). The molecular weight excluding hydrogens is 395 g/mol. The van der Waals surface area contributed by atoms with Crippen LogP contribution in [0.25, 0.3) is 0 Å². The van der Waals surface area contributed by atoms with E-state index in [-0.39, 0.29) is 11.3 Å². The number of carbonyl (C=O) groups is 1. The van der Waals surface area contributed by atoms with E-state index >= 15 is 0 Å². The Balaban J connectivity index is 1.77. The molecule has 9 heteroatoms. The number of hydrogen-bond donors (Lipinski definition) is 2. The number of aryl methyl sites for hydroxylation is 1. The summed E-state index contributed by atoms with van der Waals surface area (Å²) in [7, 11) is 0. The molecule has 0 saturated heterocycles. The van der Waals surface area contributed by atoms with Crippen molar-refractivity contribution in [1.82, 2.24) is 9.97 Å². The summed E-state index contributed by atoms with van der Waals surface area (Å²) in [5, 5.41) is 6.10. The number of amides is 1. The molecule has 0 bridgehead atoms. The first-order valence-electron chi connectivity index (χ1n) is 9.75. The molecule has 30 heavy (non-hydrogen) atoms. The zero-order valence-corrected chi connectivity index (χ0v) is 17.5. The largest absolute Gasteiger partial charge is 0.433 e. The summed E-state index contributed by atoms with van der Waals surface area (Å²) in [5.41, 5.74) is 1.30. The Hall–Kier alpha value is -2.84. The number of fused-ring (bicyclic) bond motifs is 1. The minimum Gasteiger partial charge on any atom is -0.367 e. The molecule has 0 fully saturated rings. The van der Waals surface area contributed by atoms with Crippen LogP contribution >= 0.6 is 0 Å². The van der Waals surface area contributed by atoms with Crippen molar-refractivity contribution in [3.05, 3.63) is 41.2 Å². The quantitative estimate of drug-likeness (QED) is 0.755. The smallest absolute Gasteiger partial charge is 0.367 e. The first-order valence-corrected chi connectivity index (χ1v) is 9.75. The monoisotopic (exact) mass is 421 g/mol. The lowest BCUT2D eigenvalue weighted by atomic mass is 9.92. The van der Waals surface area contributed by atoms with Gasteiger partial charge in [-0.25, -0.2) is 4.98 Å². The second-order valence-electron chi connectivity index (χ2n) is 8.70. The Kier molecular flexibility index (Phi) is 5.92. The van der Waals surface area contributed by atoms with Gasteiger partial charge in [0.05, 0.1) is 5.69 Å². The van der Waals surface area contributed by atoms with Crippen molar-refractivity contribution in [1.29, 1.82) is 0 Å². The lowest BCUT2D eigenvalue weighted by Gasteiger charge is -2.32. The molecule has 2 aromatic rings. The number of rotatable bonds is 4. The van der Waals surface area contributed by atoms with Gasteiger partial charge >= 0.3 is 6.18 Å². The predicted octanol–water partition coefficient (Wildman–Crippen LogP) is 4.61. The number of hydrogen-bond acceptors (Lipinski definition) is 5. The van der Waals surface area contributed by atoms with Crippen LogP contribution in [0.4, 0.5) is 30.5 Å². The van der Waals surface area contributed by atoms with Crippen molar-refractivity contribution < 1.29 is 18.0 Å². The fraction of sp³-hybridized carbons (Fsp3) is 0.476. The minimum atomic E-state index is -4.45. The van der Waals surface area contributed by atoms with Crippen molar-refractivity contribution in [3.8, 4) is 0 Å². The van der Waals surface area contributed by atoms with Crippen molar-refractivity contribution in [3.63, 3.8) is 0 Å². The molecule has 0 aliphatic carbocycles. The molecule has 1 aliphatic heterocycles. The average Bonchev–Trinajstić information content (AvgIpc) is 2.61. The van der Waals surface area contributed by atoms with E-state index in [0.717, 1.165) is 17.3 Å². The zero-order valence-electron chi connectivity index (χ0n) is 17.5. The second-order valence-corrected chi connectivity index (χ2v) is 8.70. The highest BCUT2D eigenvalue weighted by atomic mass is 19.4. The van der Waals surface area contributed by atoms with Crippen LogP contribution in [0, 0.1) is 12.3 Å². The van der Waals surface area contributed by atoms with E-state index in [0.29, 0.717) is 43.3 Å². The molecule has 0 saturated carbocycles. The maximum Gasteiger partial charge on any atom is 0.433 e. The number of nitrogens with one attached hydrogen (secondary N) is 2. The van der Waals surface area contributed by atoms with E-state index in [1.807, 2.05) is 38.7 Å². The summed E-state index contributed by atoms with van der Waals surface area (Å²) in [6, 6.07) is 4.37. The molecule has 1 aliphatic rings. The fourth-order valence-corrected chi connectivity index (χ4v) is 3.25. The van der Waals surface area contributed by atoms with Crippen LogP contribution in [0.2, 0.25) is 0 Å². The Labute approximate surface area is 173 Å². The summed E-state index contributed by atoms with van der Waals surface area (Å²) < 4.78 is 38.2. The van der Waals surface area contributed by atoms with Crippen molar-refractivity contribution >= 4 is 23.2 Å². The third kappa shape index (κ3) is 5.40. The van der Waals surface area contributed by atoms with Gasteiger partial charge < -0.3 is 15.5 Å². The fourth-order valence-electron chi connectivity index (χ4n) is 3.25. The number of alkyl halides is 3. The van der Waals surface area contributed by atoms with E-state index in [1.165, 1.54) is 12.3 Å². The third-order valence-electron chi connectivity index (χ3n) is 4.65. The maximum absolute atomic E-state index is 12.7. The summed E-state index contributed by atoms with van der Waals surface area (Å²) in [6.45, 7) is 9.57. The summed E-state index contributed by atoms with van der Waals surface area (Å²) in [5.74, 6) is 1.05. The van der Waals surface area contributed by atoms with Crippen LogP contribution in [0.15, 0.2) is 24.4 Å². The van der Waals surface area contributed by atoms with Gasteiger partial charge in [0.1, 0.15) is 11.5 Å². The van der Waals surface area contributed by atoms with Crippen molar-refractivity contribution in [2.75, 3.05) is 28.6 Å². The van der Waals surface area contributed by atoms with Gasteiger partial charge in [-0.1, -0.05) is 26.8 Å². The number of halogens is 3. The molecular formula is C21H26F3N5O. The molecule has 0 unspecified atom stereocenters. The van der Waals surface area contributed by atoms with Gasteiger partial charge in [0, 0.05) is 32.3 Å². The lowest BCUT2D eigenvalue weighted by molar-refractivity contribution is -0.141. The summed E-state index contributed by atoms with van der Waals surface area (Å²) >= 11 is 0. The first kappa shape index (κ1) is 21.9. The van der Waals surface area contributed by atoms with E-state index in [2.05, 4.69) is 20.6 Å². The number of nitrogens with zero attached hydrogens (tertiary/aromatic N) is 3. The predicted molar refractivity (Wildman–Crippen MR) is 110 cm³/mol. The normalized spacial score (nSPS) is 14.2. The van der Waals surface area contributed by atoms with E-state index in [9.17, 15) is 18.0 Å². The second kappa shape index (κ2) is 8.12. The first-order chi connectivity index (χ1) is 13.9. The van der Waals surface area contributed by atoms with E-state index in [4.69, 9.17) is 0 Å². The van der Waals surface area contributed by atoms with Gasteiger partial charge in [0.15, 0.2) is 5.82 Å². The molecule has 2 N–H and O–H groups in total. The van der Waals surface area contributed by atoms with Gasteiger partial charge in [-0.2, -0.15) is 13.2 Å². The van der Waals surface area contributed by atoms with Gasteiger partial charge in [-0.15, -0.1) is 0 Å². The lowest BCUT2D eigenvalue weighted by Crippen LogP contribution is -2.34. The molecule has 6 nitrogen and oxygen atoms in total. The highest BCUT2D eigenvalue weighted by molar-refractivity contribution is 5.91. The van der Waals surface area contributed by atoms with Gasteiger partial charge in [-0.3, -0.25) is 9.78 Å². The number of anilines is 3. The van der Waals surface area contributed by atoms with Gasteiger partial charge in [0.2, 0.25) is 5.91 Å². The molecule has 162 valence electrons. The highest BCUT2D eigenvalue weighted by Gasteiger charge is 2.32. The third-order valence-corrected chi connectivity index (χ3v) is 4.65. The van der Waals surface area contributed by atoms with E-state index < -0.39 is 11.9 Å². The van der Waals surface area contributed by atoms with Gasteiger partial charge in [-0.05, 0) is 35.6 Å². The standard InChI is InChI=1S/C21H26F3N5O/c1-13-9-15-19(28-18(13)27-17(30)10-20(2,3)4)25-7-8-29(15)12-14-5-6-16(26-11-14)21(22,23)24/h5-6,9,11H,7-8,10,12H2,1-4H3,(H2,25,27,28,30). The molecule has 0 spiro atoms. The molecule has 1 amide bonds. The van der Waals surface area contributed by atoms with Crippen LogP contribution in [0.3, 0.4) is 0 Å². The topological polar surface area (TPSA) is 70.2 Å². The number of carbonyl (C=O) groups excluding carboxylic acids is 1. The summed E-state index contributed by atoms with van der Waals surface area (Å²) in [6.07, 6.45) is -2.81.